The molecule has 4 N–H and O–H groups in total. The molecular weight excluding hydrogens is 683 g/mol. The van der Waals surface area contributed by atoms with Crippen LogP contribution in [0.15, 0.2) is 66.1 Å². The number of benzene rings is 2. The molecule has 1 aliphatic heterocycles. The fraction of sp³-hybridized carbons (Fsp3) is 0.568. The lowest BCUT2D eigenvalue weighted by Gasteiger charge is -2.33. The number of primary sulfonamides is 1. The van der Waals surface area contributed by atoms with Crippen LogP contribution in [-0.2, 0) is 21.4 Å². The summed E-state index contributed by atoms with van der Waals surface area (Å²) in [5.74, 6) is -2.71. The SMILES string of the molecule is C=CCN(C(=O)NCc1ccc(S(N)(=O)=O)cc1)C1CCCCC(N(C)O)C1.Cc1cccc(F)c1.O=C(C1CCC(F)(F)CC1)N1CCCC1. The minimum Gasteiger partial charge on any atom is -0.342 e. The molecule has 284 valence electrons. The quantitative estimate of drug-likeness (QED) is 0.158. The number of hydrogen-bond acceptors (Lipinski definition) is 6. The minimum absolute atomic E-state index is 0.0184. The topological polar surface area (TPSA) is 136 Å². The number of nitrogens with one attached hydrogen (secondary N) is 1. The van der Waals surface area contributed by atoms with Gasteiger partial charge in [-0.05, 0) is 87.3 Å². The molecule has 14 heteroatoms. The molecule has 3 amide bonds. The summed E-state index contributed by atoms with van der Waals surface area (Å²) in [5.41, 5.74) is 1.73. The Morgan fingerprint density at radius 3 is 2.14 bits per heavy atom. The second-order valence-electron chi connectivity index (χ2n) is 13.7. The highest BCUT2D eigenvalue weighted by molar-refractivity contribution is 7.89. The number of carbonyl (C=O) groups excluding carboxylic acids is 2. The van der Waals surface area contributed by atoms with Gasteiger partial charge in [-0.15, -0.1) is 6.58 Å². The maximum atomic E-state index is 12.9. The first-order valence-corrected chi connectivity index (χ1v) is 19.2. The highest BCUT2D eigenvalue weighted by Gasteiger charge is 2.39. The van der Waals surface area contributed by atoms with Crippen molar-refractivity contribution in [3.8, 4) is 0 Å². The number of carbonyl (C=O) groups is 2. The zero-order valence-electron chi connectivity index (χ0n) is 29.8. The summed E-state index contributed by atoms with van der Waals surface area (Å²) in [7, 11) is -2.08. The zero-order valence-corrected chi connectivity index (χ0v) is 30.6. The minimum atomic E-state index is -3.73. The second-order valence-corrected chi connectivity index (χ2v) is 15.2. The third kappa shape index (κ3) is 14.2. The lowest BCUT2D eigenvalue weighted by atomic mass is 9.86. The summed E-state index contributed by atoms with van der Waals surface area (Å²) in [6.07, 6.45) is 8.85. The van der Waals surface area contributed by atoms with Gasteiger partial charge < -0.3 is 20.3 Å². The van der Waals surface area contributed by atoms with Crippen LogP contribution in [0.2, 0.25) is 0 Å². The number of hydroxylamine groups is 2. The largest absolute Gasteiger partial charge is 0.342 e. The highest BCUT2D eigenvalue weighted by atomic mass is 32.2. The highest BCUT2D eigenvalue weighted by Crippen LogP contribution is 2.37. The molecule has 2 saturated carbocycles. The van der Waals surface area contributed by atoms with Crippen LogP contribution in [0.1, 0.15) is 81.8 Å². The predicted molar refractivity (Wildman–Crippen MR) is 191 cm³/mol. The van der Waals surface area contributed by atoms with Gasteiger partial charge in [0.25, 0.3) is 0 Å². The molecule has 0 aromatic heterocycles. The van der Waals surface area contributed by atoms with Gasteiger partial charge in [-0.25, -0.2) is 31.5 Å². The van der Waals surface area contributed by atoms with E-state index in [0.717, 1.165) is 62.7 Å². The number of aryl methyl sites for hydroxylation is 1. The molecule has 10 nitrogen and oxygen atoms in total. The van der Waals surface area contributed by atoms with Crippen molar-refractivity contribution in [3.63, 3.8) is 0 Å². The standard InChI is InChI=1S/C19H30N4O4S.C11H17F2NO.C7H7F/c1-3-12-23(17-7-5-4-6-16(13-17)22(2)25)19(24)21-14-15-8-10-18(11-9-15)28(20,26)27;12-11(13)5-3-9(4-6-11)10(15)14-7-1-2-8-14;1-6-3-2-4-7(8)5-6/h3,8-11,16-17,25H,1,4-7,12-14H2,2H3,(H,21,24)(H2,20,26,27);9H,1-8H2;2-5H,1H3. The van der Waals surface area contributed by atoms with Crippen LogP contribution in [0.25, 0.3) is 0 Å². The number of likely N-dealkylation sites (tertiary alicyclic amines) is 1. The number of halogens is 3. The van der Waals surface area contributed by atoms with E-state index < -0.39 is 15.9 Å². The van der Waals surface area contributed by atoms with Gasteiger partial charge in [-0.1, -0.05) is 43.2 Å². The van der Waals surface area contributed by atoms with Crippen LogP contribution in [-0.4, -0.2) is 85.1 Å². The molecule has 2 aliphatic carbocycles. The van der Waals surface area contributed by atoms with E-state index in [0.29, 0.717) is 25.8 Å². The fourth-order valence-corrected chi connectivity index (χ4v) is 7.15. The number of urea groups is 1. The Kier molecular flexibility index (Phi) is 16.4. The molecule has 3 fully saturated rings. The predicted octanol–water partition coefficient (Wildman–Crippen LogP) is 6.62. The van der Waals surface area contributed by atoms with Crippen LogP contribution in [0.5, 0.6) is 0 Å². The molecule has 3 aliphatic rings. The number of sulfonamides is 1. The van der Waals surface area contributed by atoms with Crippen molar-refractivity contribution in [2.75, 3.05) is 26.7 Å². The van der Waals surface area contributed by atoms with Gasteiger partial charge in [0.1, 0.15) is 5.82 Å². The van der Waals surface area contributed by atoms with Gasteiger partial charge in [0.15, 0.2) is 0 Å². The van der Waals surface area contributed by atoms with Crippen molar-refractivity contribution in [3.05, 3.63) is 78.1 Å². The Morgan fingerprint density at radius 1 is 1.02 bits per heavy atom. The van der Waals surface area contributed by atoms with Gasteiger partial charge in [0.2, 0.25) is 21.9 Å². The summed E-state index contributed by atoms with van der Waals surface area (Å²) in [5, 5.41) is 19.1. The van der Waals surface area contributed by atoms with Gasteiger partial charge in [0.05, 0.1) is 4.90 Å². The Hall–Kier alpha value is -3.46. The smallest absolute Gasteiger partial charge is 0.318 e. The summed E-state index contributed by atoms with van der Waals surface area (Å²) in [4.78, 5) is 28.3. The van der Waals surface area contributed by atoms with Crippen molar-refractivity contribution >= 4 is 22.0 Å². The molecule has 51 heavy (non-hydrogen) atoms. The number of nitrogens with zero attached hydrogens (tertiary/aromatic N) is 3. The Balaban J connectivity index is 0.000000251. The number of hydrogen-bond donors (Lipinski definition) is 3. The van der Waals surface area contributed by atoms with Crippen molar-refractivity contribution < 1.29 is 36.4 Å². The van der Waals surface area contributed by atoms with Crippen LogP contribution in [0.4, 0.5) is 18.0 Å². The van der Waals surface area contributed by atoms with E-state index in [-0.39, 0.29) is 60.0 Å². The Morgan fingerprint density at radius 2 is 1.63 bits per heavy atom. The number of amides is 3. The molecule has 2 aromatic carbocycles. The van der Waals surface area contributed by atoms with Gasteiger partial charge in [-0.2, -0.15) is 5.06 Å². The van der Waals surface area contributed by atoms with Crippen LogP contribution in [0.3, 0.4) is 0 Å². The zero-order chi connectivity index (χ0) is 37.6. The van der Waals surface area contributed by atoms with Crippen LogP contribution >= 0.6 is 0 Å². The molecule has 2 unspecified atom stereocenters. The molecule has 0 bridgehead atoms. The van der Waals surface area contributed by atoms with E-state index in [1.54, 1.807) is 36.2 Å². The van der Waals surface area contributed by atoms with E-state index in [1.807, 2.05) is 17.9 Å². The first-order valence-electron chi connectivity index (χ1n) is 17.7. The van der Waals surface area contributed by atoms with Crippen molar-refractivity contribution in [2.45, 2.75) is 107 Å². The maximum Gasteiger partial charge on any atom is 0.318 e. The Labute approximate surface area is 300 Å². The summed E-state index contributed by atoms with van der Waals surface area (Å²) in [6.45, 7) is 7.96. The summed E-state index contributed by atoms with van der Waals surface area (Å²) < 4.78 is 60.6. The van der Waals surface area contributed by atoms with E-state index >= 15 is 0 Å². The average Bonchev–Trinajstić information content (AvgIpc) is 3.51. The molecular formula is C37H54F3N5O5S. The first kappa shape index (κ1) is 42.0. The van der Waals surface area contributed by atoms with Gasteiger partial charge >= 0.3 is 6.03 Å². The number of nitrogens with two attached hydrogens (primary N) is 1. The Bertz CT molecular complexity index is 1490. The molecule has 2 aromatic rings. The normalized spacial score (nSPS) is 20.6. The number of alkyl halides is 2. The molecule has 0 radical (unpaired) electrons. The molecule has 0 spiro atoms. The van der Waals surface area contributed by atoms with Crippen LogP contribution in [0, 0.1) is 18.7 Å². The van der Waals surface area contributed by atoms with E-state index in [2.05, 4.69) is 11.9 Å². The molecule has 5 rings (SSSR count). The fourth-order valence-electron chi connectivity index (χ4n) is 6.63. The van der Waals surface area contributed by atoms with Crippen molar-refractivity contribution in [2.24, 2.45) is 11.1 Å². The lowest BCUT2D eigenvalue weighted by molar-refractivity contribution is -0.138. The van der Waals surface area contributed by atoms with Crippen LogP contribution < -0.4 is 10.5 Å². The van der Waals surface area contributed by atoms with Crippen molar-refractivity contribution in [1.29, 1.82) is 0 Å². The summed E-state index contributed by atoms with van der Waals surface area (Å²) in [6, 6.07) is 12.4. The van der Waals surface area contributed by atoms with E-state index in [1.165, 1.54) is 29.3 Å². The number of rotatable bonds is 8. The van der Waals surface area contributed by atoms with Gasteiger partial charge in [0, 0.05) is 64.1 Å². The third-order valence-electron chi connectivity index (χ3n) is 9.58. The molecule has 2 atom stereocenters. The first-order chi connectivity index (χ1) is 24.1. The third-order valence-corrected chi connectivity index (χ3v) is 10.5. The molecule has 1 heterocycles. The van der Waals surface area contributed by atoms with Crippen molar-refractivity contribution in [1.82, 2.24) is 20.2 Å². The lowest BCUT2D eigenvalue weighted by Crippen LogP contribution is -2.48. The van der Waals surface area contributed by atoms with E-state index in [9.17, 15) is 36.4 Å². The second kappa shape index (κ2) is 20.0. The summed E-state index contributed by atoms with van der Waals surface area (Å²) >= 11 is 0. The average molecular weight is 738 g/mol. The monoisotopic (exact) mass is 737 g/mol. The van der Waals surface area contributed by atoms with Gasteiger partial charge in [-0.3, -0.25) is 4.79 Å². The van der Waals surface area contributed by atoms with E-state index in [4.69, 9.17) is 5.14 Å². The maximum absolute atomic E-state index is 12.9. The molecule has 1 saturated heterocycles.